The zero-order chi connectivity index (χ0) is 26.3. The van der Waals surface area contributed by atoms with Crippen LogP contribution in [-0.2, 0) is 16.3 Å². The average molecular weight is 514 g/mol. The van der Waals surface area contributed by atoms with E-state index in [9.17, 15) is 23.1 Å². The van der Waals surface area contributed by atoms with Gasteiger partial charge in [-0.1, -0.05) is 13.0 Å². The molecule has 0 unspecified atom stereocenters. The third kappa shape index (κ3) is 6.84. The highest BCUT2D eigenvalue weighted by atomic mass is 32.2. The van der Waals surface area contributed by atoms with Crippen LogP contribution in [0.4, 0.5) is 11.5 Å². The lowest BCUT2D eigenvalue weighted by atomic mass is 10.1. The van der Waals surface area contributed by atoms with Gasteiger partial charge in [-0.05, 0) is 48.4 Å². The first-order chi connectivity index (χ1) is 17.1. The number of aliphatic hydroxyl groups excluding tert-OH is 1. The van der Waals surface area contributed by atoms with Crippen LogP contribution in [0.1, 0.15) is 33.3 Å². The molecule has 12 heteroatoms. The number of nitrogens with two attached hydrogens (primary N) is 1. The van der Waals surface area contributed by atoms with E-state index in [4.69, 9.17) is 10.5 Å². The molecule has 3 aromatic rings. The minimum Gasteiger partial charge on any atom is -0.490 e. The minimum absolute atomic E-state index is 0.0151. The Morgan fingerprint density at radius 2 is 1.89 bits per heavy atom. The van der Waals surface area contributed by atoms with Crippen LogP contribution < -0.4 is 21.1 Å². The van der Waals surface area contributed by atoms with Crippen molar-refractivity contribution in [1.29, 1.82) is 0 Å². The second-order valence-electron chi connectivity index (χ2n) is 7.84. The van der Waals surface area contributed by atoms with Gasteiger partial charge in [0.15, 0.2) is 15.5 Å². The first-order valence-corrected chi connectivity index (χ1v) is 12.9. The van der Waals surface area contributed by atoms with Crippen molar-refractivity contribution in [2.75, 3.05) is 30.0 Å². The van der Waals surface area contributed by atoms with Gasteiger partial charge in [0, 0.05) is 25.2 Å². The number of anilines is 2. The molecule has 0 aliphatic carbocycles. The molecule has 0 saturated carbocycles. The molecular weight excluding hydrogens is 486 g/mol. The number of aromatic nitrogens is 2. The van der Waals surface area contributed by atoms with E-state index >= 15 is 0 Å². The van der Waals surface area contributed by atoms with Gasteiger partial charge in [-0.3, -0.25) is 9.59 Å². The molecule has 2 aromatic heterocycles. The number of sulfone groups is 1. The Kier molecular flexibility index (Phi) is 8.69. The third-order valence-corrected chi connectivity index (χ3v) is 6.18. The van der Waals surface area contributed by atoms with Crippen LogP contribution in [0.2, 0.25) is 0 Å². The molecule has 5 N–H and O–H groups in total. The minimum atomic E-state index is -3.59. The van der Waals surface area contributed by atoms with Gasteiger partial charge in [-0.25, -0.2) is 18.4 Å². The molecule has 2 amide bonds. The van der Waals surface area contributed by atoms with Crippen molar-refractivity contribution in [1.82, 2.24) is 9.97 Å². The Morgan fingerprint density at radius 1 is 1.11 bits per heavy atom. The summed E-state index contributed by atoms with van der Waals surface area (Å²) in [7, 11) is -3.59. The van der Waals surface area contributed by atoms with Crippen molar-refractivity contribution in [2.24, 2.45) is 5.73 Å². The lowest BCUT2D eigenvalue weighted by Crippen LogP contribution is -2.27. The second-order valence-corrected chi connectivity index (χ2v) is 9.86. The van der Waals surface area contributed by atoms with Gasteiger partial charge in [0.2, 0.25) is 0 Å². The van der Waals surface area contributed by atoms with Crippen LogP contribution in [0.5, 0.6) is 5.75 Å². The van der Waals surface area contributed by atoms with E-state index in [0.29, 0.717) is 5.82 Å². The Bertz CT molecular complexity index is 1350. The van der Waals surface area contributed by atoms with Gasteiger partial charge in [0.1, 0.15) is 24.3 Å². The molecule has 0 radical (unpaired) electrons. The summed E-state index contributed by atoms with van der Waals surface area (Å²) in [6.45, 7) is 1.65. The molecule has 11 nitrogen and oxygen atoms in total. The van der Waals surface area contributed by atoms with Crippen molar-refractivity contribution in [3.63, 3.8) is 0 Å². The van der Waals surface area contributed by atoms with Gasteiger partial charge in [0.05, 0.1) is 16.1 Å². The van der Waals surface area contributed by atoms with E-state index in [1.165, 1.54) is 30.5 Å². The number of amides is 2. The lowest BCUT2D eigenvalue weighted by molar-refractivity contribution is 0.0996. The zero-order valence-corrected chi connectivity index (χ0v) is 20.6. The number of rotatable bonds is 10. The number of nitrogens with one attached hydrogen (secondary N) is 2. The molecule has 0 fully saturated rings. The van der Waals surface area contributed by atoms with Gasteiger partial charge in [-0.15, -0.1) is 0 Å². The number of hydrogen-bond acceptors (Lipinski definition) is 9. The fourth-order valence-electron chi connectivity index (χ4n) is 3.05. The molecule has 0 aliphatic rings. The summed E-state index contributed by atoms with van der Waals surface area (Å²) >= 11 is 0. The lowest BCUT2D eigenvalue weighted by Gasteiger charge is -2.16. The van der Waals surface area contributed by atoms with Crippen molar-refractivity contribution in [2.45, 2.75) is 24.3 Å². The van der Waals surface area contributed by atoms with Crippen LogP contribution in [0, 0.1) is 0 Å². The number of ether oxygens (including phenoxy) is 1. The molecule has 1 aromatic carbocycles. The third-order valence-electron chi connectivity index (χ3n) is 5.07. The van der Waals surface area contributed by atoms with E-state index in [1.807, 2.05) is 13.0 Å². The Morgan fingerprint density at radius 3 is 2.53 bits per heavy atom. The Balaban J connectivity index is 1.86. The number of aryl methyl sites for hydroxylation is 1. The van der Waals surface area contributed by atoms with E-state index in [0.717, 1.165) is 18.2 Å². The molecule has 1 atom stereocenters. The standard InChI is InChI=1S/C24H27N5O6S/c1-3-15-6-9-21(27-13-15)29-24(32)22-19(5-4-10-26-22)28-23(31)18-8-7-17(36(2,33)34)11-20(18)35-14-16(30)12-25/h4-11,13,16,30H,3,12,14,25H2,1-2H3,(H,28,31)(H,27,29,32)/t16-/m0/s1. The average Bonchev–Trinajstić information content (AvgIpc) is 2.87. The van der Waals surface area contributed by atoms with Crippen LogP contribution in [0.3, 0.4) is 0 Å². The highest BCUT2D eigenvalue weighted by molar-refractivity contribution is 7.90. The maximum absolute atomic E-state index is 13.1. The van der Waals surface area contributed by atoms with E-state index in [2.05, 4.69) is 20.6 Å². The first-order valence-electron chi connectivity index (χ1n) is 11.0. The van der Waals surface area contributed by atoms with Crippen LogP contribution >= 0.6 is 0 Å². The van der Waals surface area contributed by atoms with Crippen LogP contribution in [0.25, 0.3) is 0 Å². The number of pyridine rings is 2. The normalized spacial score (nSPS) is 12.0. The first kappa shape index (κ1) is 26.7. The van der Waals surface area contributed by atoms with Crippen molar-refractivity contribution >= 4 is 33.2 Å². The number of benzene rings is 1. The molecule has 0 aliphatic heterocycles. The molecular formula is C24H27N5O6S. The van der Waals surface area contributed by atoms with E-state index < -0.39 is 27.8 Å². The smallest absolute Gasteiger partial charge is 0.277 e. The van der Waals surface area contributed by atoms with E-state index in [1.54, 1.807) is 18.3 Å². The monoisotopic (exact) mass is 513 g/mol. The molecule has 190 valence electrons. The summed E-state index contributed by atoms with van der Waals surface area (Å²) in [5, 5.41) is 15.0. The van der Waals surface area contributed by atoms with Crippen molar-refractivity contribution in [3.05, 3.63) is 71.7 Å². The maximum atomic E-state index is 13.1. The molecule has 2 heterocycles. The molecule has 0 spiro atoms. The van der Waals surface area contributed by atoms with Gasteiger partial charge < -0.3 is 26.2 Å². The predicted octanol–water partition coefficient (Wildman–Crippen LogP) is 1.65. The van der Waals surface area contributed by atoms with Crippen molar-refractivity contribution in [3.8, 4) is 5.75 Å². The summed E-state index contributed by atoms with van der Waals surface area (Å²) in [4.78, 5) is 34.2. The van der Waals surface area contributed by atoms with Crippen molar-refractivity contribution < 1.29 is 27.9 Å². The quantitative estimate of drug-likeness (QED) is 0.314. The second kappa shape index (κ2) is 11.7. The number of carbonyl (C=O) groups excluding carboxylic acids is 2. The number of nitrogens with zero attached hydrogens (tertiary/aromatic N) is 2. The largest absolute Gasteiger partial charge is 0.490 e. The maximum Gasteiger partial charge on any atom is 0.277 e. The van der Waals surface area contributed by atoms with Gasteiger partial charge in [0.25, 0.3) is 11.8 Å². The molecule has 0 bridgehead atoms. The number of hydrogen-bond donors (Lipinski definition) is 4. The topological polar surface area (TPSA) is 174 Å². The molecule has 0 saturated heterocycles. The Labute approximate surface area is 208 Å². The SMILES string of the molecule is CCc1ccc(NC(=O)c2ncccc2NC(=O)c2ccc(S(C)(=O)=O)cc2OC[C@@H](O)CN)nc1. The Hall–Kier alpha value is -3.87. The summed E-state index contributed by atoms with van der Waals surface area (Å²) in [6, 6.07) is 10.3. The molecule has 36 heavy (non-hydrogen) atoms. The fraction of sp³-hybridized carbons (Fsp3) is 0.250. The van der Waals surface area contributed by atoms with Gasteiger partial charge >= 0.3 is 0 Å². The predicted molar refractivity (Wildman–Crippen MR) is 134 cm³/mol. The summed E-state index contributed by atoms with van der Waals surface area (Å²) < 4.78 is 29.4. The highest BCUT2D eigenvalue weighted by Gasteiger charge is 2.21. The fourth-order valence-corrected chi connectivity index (χ4v) is 3.69. The zero-order valence-electron chi connectivity index (χ0n) is 19.8. The summed E-state index contributed by atoms with van der Waals surface area (Å²) in [5.74, 6) is -1.01. The highest BCUT2D eigenvalue weighted by Crippen LogP contribution is 2.25. The summed E-state index contributed by atoms with van der Waals surface area (Å²) in [6.07, 6.45) is 3.87. The van der Waals surface area contributed by atoms with Crippen LogP contribution in [-0.4, -0.2) is 60.8 Å². The van der Waals surface area contributed by atoms with Crippen LogP contribution in [0.15, 0.2) is 59.8 Å². The number of aliphatic hydroxyl groups is 1. The summed E-state index contributed by atoms with van der Waals surface area (Å²) in [5.41, 5.74) is 6.45. The number of carbonyl (C=O) groups is 2. The van der Waals surface area contributed by atoms with Gasteiger partial charge in [-0.2, -0.15) is 0 Å². The van der Waals surface area contributed by atoms with E-state index in [-0.39, 0.29) is 40.7 Å². The molecule has 3 rings (SSSR count).